The van der Waals surface area contributed by atoms with Crippen LogP contribution in [0.15, 0.2) is 0 Å². The van der Waals surface area contributed by atoms with Gasteiger partial charge in [-0.2, -0.15) is 0 Å². The number of nitrogens with zero attached hydrogens (tertiary/aromatic N) is 1. The zero-order valence-corrected chi connectivity index (χ0v) is 9.82. The molecule has 0 aromatic heterocycles. The molecule has 0 aromatic rings. The lowest BCUT2D eigenvalue weighted by Crippen LogP contribution is -2.46. The minimum absolute atomic E-state index is 0.155. The number of carboxylic acid groups (broad SMARTS) is 1. The van der Waals surface area contributed by atoms with Crippen LogP contribution in [-0.2, 0) is 14.4 Å². The van der Waals surface area contributed by atoms with Crippen LogP contribution in [0.1, 0.15) is 27.2 Å². The Hall–Kier alpha value is -1.59. The summed E-state index contributed by atoms with van der Waals surface area (Å²) in [6, 6.07) is -0.155. The number of carboxylic acids is 1. The first-order valence-corrected chi connectivity index (χ1v) is 5.14. The summed E-state index contributed by atoms with van der Waals surface area (Å²) in [7, 11) is 0. The molecule has 0 radical (unpaired) electrons. The molecule has 6 nitrogen and oxygen atoms in total. The van der Waals surface area contributed by atoms with E-state index >= 15 is 0 Å². The molecule has 0 aliphatic heterocycles. The smallest absolute Gasteiger partial charge is 0.323 e. The molecule has 16 heavy (non-hydrogen) atoms. The molecule has 0 bridgehead atoms. The van der Waals surface area contributed by atoms with Crippen LogP contribution in [0.2, 0.25) is 0 Å². The molecule has 0 fully saturated rings. The van der Waals surface area contributed by atoms with Crippen molar-refractivity contribution in [2.24, 2.45) is 0 Å². The first-order chi connectivity index (χ1) is 7.38. The van der Waals surface area contributed by atoms with Gasteiger partial charge >= 0.3 is 5.97 Å². The van der Waals surface area contributed by atoms with Crippen LogP contribution in [-0.4, -0.2) is 46.9 Å². The Kier molecular flexibility index (Phi) is 6.14. The topological polar surface area (TPSA) is 86.7 Å². The van der Waals surface area contributed by atoms with Crippen molar-refractivity contribution in [3.05, 3.63) is 0 Å². The van der Waals surface area contributed by atoms with Gasteiger partial charge in [-0.25, -0.2) is 0 Å². The molecule has 92 valence electrons. The highest BCUT2D eigenvalue weighted by Gasteiger charge is 2.21. The molecule has 0 saturated carbocycles. The molecule has 0 aliphatic carbocycles. The van der Waals surface area contributed by atoms with Gasteiger partial charge in [-0.3, -0.25) is 14.4 Å². The molecule has 0 rings (SSSR count). The van der Waals surface area contributed by atoms with E-state index in [1.54, 1.807) is 6.92 Å². The van der Waals surface area contributed by atoms with Gasteiger partial charge < -0.3 is 15.3 Å². The van der Waals surface area contributed by atoms with Gasteiger partial charge in [0.15, 0.2) is 0 Å². The molecule has 2 amide bonds. The van der Waals surface area contributed by atoms with E-state index in [9.17, 15) is 14.4 Å². The zero-order valence-electron chi connectivity index (χ0n) is 9.82. The van der Waals surface area contributed by atoms with E-state index in [0.29, 0.717) is 6.42 Å². The summed E-state index contributed by atoms with van der Waals surface area (Å²) in [6.07, 6.45) is 0.666. The Morgan fingerprint density at radius 1 is 1.38 bits per heavy atom. The van der Waals surface area contributed by atoms with E-state index in [0.717, 1.165) is 0 Å². The van der Waals surface area contributed by atoms with Crippen molar-refractivity contribution < 1.29 is 19.5 Å². The zero-order chi connectivity index (χ0) is 12.7. The van der Waals surface area contributed by atoms with Gasteiger partial charge in [0.05, 0.1) is 6.54 Å². The van der Waals surface area contributed by atoms with E-state index in [2.05, 4.69) is 5.32 Å². The van der Waals surface area contributed by atoms with Crippen LogP contribution in [0, 0.1) is 0 Å². The number of rotatable bonds is 6. The van der Waals surface area contributed by atoms with Crippen LogP contribution < -0.4 is 5.32 Å². The largest absolute Gasteiger partial charge is 0.480 e. The molecule has 0 spiro atoms. The lowest BCUT2D eigenvalue weighted by Gasteiger charge is -2.26. The Morgan fingerprint density at radius 2 is 1.94 bits per heavy atom. The highest BCUT2D eigenvalue weighted by molar-refractivity contribution is 5.86. The highest BCUT2D eigenvalue weighted by atomic mass is 16.4. The van der Waals surface area contributed by atoms with Crippen LogP contribution in [0.4, 0.5) is 0 Å². The summed E-state index contributed by atoms with van der Waals surface area (Å²) in [6.45, 7) is 4.44. The molecular weight excluding hydrogens is 212 g/mol. The van der Waals surface area contributed by atoms with Gasteiger partial charge in [0.2, 0.25) is 11.8 Å². The molecule has 0 saturated heterocycles. The quantitative estimate of drug-likeness (QED) is 0.663. The van der Waals surface area contributed by atoms with E-state index < -0.39 is 5.97 Å². The molecule has 6 heteroatoms. The maximum absolute atomic E-state index is 11.6. The lowest BCUT2D eigenvalue weighted by molar-refractivity contribution is -0.145. The van der Waals surface area contributed by atoms with Crippen molar-refractivity contribution in [3.8, 4) is 0 Å². The summed E-state index contributed by atoms with van der Waals surface area (Å²) >= 11 is 0. The van der Waals surface area contributed by atoms with Gasteiger partial charge in [-0.1, -0.05) is 6.92 Å². The second-order valence-corrected chi connectivity index (χ2v) is 3.58. The Labute approximate surface area is 94.6 Å². The van der Waals surface area contributed by atoms with Crippen LogP contribution in [0.3, 0.4) is 0 Å². The Morgan fingerprint density at radius 3 is 2.31 bits per heavy atom. The number of amides is 2. The average molecular weight is 230 g/mol. The number of hydrogen-bond donors (Lipinski definition) is 2. The van der Waals surface area contributed by atoms with Crippen molar-refractivity contribution in [1.82, 2.24) is 10.2 Å². The normalized spacial score (nSPS) is 11.7. The van der Waals surface area contributed by atoms with Gasteiger partial charge in [-0.15, -0.1) is 0 Å². The molecule has 1 atom stereocenters. The second-order valence-electron chi connectivity index (χ2n) is 3.58. The number of carbonyl (C=O) groups is 3. The maximum atomic E-state index is 11.6. The Bertz CT molecular complexity index is 278. The van der Waals surface area contributed by atoms with Crippen LogP contribution in [0.5, 0.6) is 0 Å². The lowest BCUT2D eigenvalue weighted by atomic mass is 10.2. The molecule has 2 N–H and O–H groups in total. The Balaban J connectivity index is 4.43. The van der Waals surface area contributed by atoms with Gasteiger partial charge in [0, 0.05) is 13.0 Å². The monoisotopic (exact) mass is 230 g/mol. The van der Waals surface area contributed by atoms with Gasteiger partial charge in [0.1, 0.15) is 6.54 Å². The van der Waals surface area contributed by atoms with Crippen molar-refractivity contribution in [2.75, 3.05) is 13.1 Å². The third-order valence-corrected chi connectivity index (χ3v) is 2.24. The predicted octanol–water partition coefficient (Wildman–Crippen LogP) is -0.166. The summed E-state index contributed by atoms with van der Waals surface area (Å²) in [5.74, 6) is -1.75. The standard InChI is InChI=1S/C10H18N2O4/c1-4-7(2)12(6-10(15)16)9(14)5-11-8(3)13/h7H,4-6H2,1-3H3,(H,11,13)(H,15,16). The number of nitrogens with one attached hydrogen (secondary N) is 1. The third-order valence-electron chi connectivity index (χ3n) is 2.24. The van der Waals surface area contributed by atoms with E-state index in [1.165, 1.54) is 11.8 Å². The van der Waals surface area contributed by atoms with Gasteiger partial charge in [0.25, 0.3) is 0 Å². The van der Waals surface area contributed by atoms with E-state index in [4.69, 9.17) is 5.11 Å². The number of aliphatic carboxylic acids is 1. The van der Waals surface area contributed by atoms with Crippen LogP contribution in [0.25, 0.3) is 0 Å². The predicted molar refractivity (Wildman–Crippen MR) is 57.8 cm³/mol. The fourth-order valence-corrected chi connectivity index (χ4v) is 1.16. The third kappa shape index (κ3) is 5.33. The minimum atomic E-state index is -1.06. The van der Waals surface area contributed by atoms with E-state index in [1.807, 2.05) is 6.92 Å². The van der Waals surface area contributed by atoms with Gasteiger partial charge in [-0.05, 0) is 13.3 Å². The van der Waals surface area contributed by atoms with E-state index in [-0.39, 0.29) is 30.9 Å². The molecule has 0 aliphatic rings. The van der Waals surface area contributed by atoms with Crippen molar-refractivity contribution in [3.63, 3.8) is 0 Å². The summed E-state index contributed by atoms with van der Waals surface area (Å²) in [5.41, 5.74) is 0. The van der Waals surface area contributed by atoms with Crippen molar-refractivity contribution >= 4 is 17.8 Å². The highest BCUT2D eigenvalue weighted by Crippen LogP contribution is 2.03. The molecular formula is C10H18N2O4. The fourth-order valence-electron chi connectivity index (χ4n) is 1.16. The first-order valence-electron chi connectivity index (χ1n) is 5.14. The second kappa shape index (κ2) is 6.81. The average Bonchev–Trinajstić information content (AvgIpc) is 2.21. The summed E-state index contributed by atoms with van der Waals surface area (Å²) < 4.78 is 0. The molecule has 0 heterocycles. The molecule has 1 unspecified atom stereocenters. The number of carbonyl (C=O) groups excluding carboxylic acids is 2. The molecule has 0 aromatic carbocycles. The first kappa shape index (κ1) is 14.4. The van der Waals surface area contributed by atoms with Crippen molar-refractivity contribution in [1.29, 1.82) is 0 Å². The SMILES string of the molecule is CCC(C)N(CC(=O)O)C(=O)CNC(C)=O. The maximum Gasteiger partial charge on any atom is 0.323 e. The summed E-state index contributed by atoms with van der Waals surface area (Å²) in [4.78, 5) is 34.1. The van der Waals surface area contributed by atoms with Crippen molar-refractivity contribution in [2.45, 2.75) is 33.2 Å². The number of hydrogen-bond acceptors (Lipinski definition) is 3. The van der Waals surface area contributed by atoms with Crippen LogP contribution >= 0.6 is 0 Å². The fraction of sp³-hybridized carbons (Fsp3) is 0.700. The minimum Gasteiger partial charge on any atom is -0.480 e. The summed E-state index contributed by atoms with van der Waals surface area (Å²) in [5, 5.41) is 11.0.